The Labute approximate surface area is 167 Å². The van der Waals surface area contributed by atoms with E-state index in [2.05, 4.69) is 29.6 Å². The molecule has 1 heterocycles. The van der Waals surface area contributed by atoms with Gasteiger partial charge >= 0.3 is 0 Å². The molecule has 1 N–H and O–H groups in total. The number of nitrogens with one attached hydrogen (secondary N) is 1. The second-order valence-corrected chi connectivity index (χ2v) is 7.61. The average Bonchev–Trinajstić information content (AvgIpc) is 2.74. The highest BCUT2D eigenvalue weighted by molar-refractivity contribution is 5.85. The minimum absolute atomic E-state index is 0.0615. The van der Waals surface area contributed by atoms with Gasteiger partial charge in [0.1, 0.15) is 0 Å². The van der Waals surface area contributed by atoms with Crippen LogP contribution in [0.2, 0.25) is 0 Å². The molecule has 1 atom stereocenters. The molecule has 1 fully saturated rings. The molecule has 2 aromatic carbocycles. The predicted molar refractivity (Wildman–Crippen MR) is 113 cm³/mol. The van der Waals surface area contributed by atoms with Crippen LogP contribution < -0.4 is 5.32 Å². The van der Waals surface area contributed by atoms with E-state index in [9.17, 15) is 9.59 Å². The van der Waals surface area contributed by atoms with Crippen molar-refractivity contribution in [2.45, 2.75) is 39.5 Å². The summed E-state index contributed by atoms with van der Waals surface area (Å²) in [6.45, 7) is 5.67. The molecule has 0 bridgehead atoms. The van der Waals surface area contributed by atoms with Crippen LogP contribution in [-0.2, 0) is 16.0 Å². The molecule has 3 rings (SSSR count). The molecule has 0 spiro atoms. The normalized spacial score (nSPS) is 19.3. The zero-order valence-electron chi connectivity index (χ0n) is 16.9. The predicted octanol–water partition coefficient (Wildman–Crippen LogP) is 4.05. The summed E-state index contributed by atoms with van der Waals surface area (Å²) in [6.07, 6.45) is 2.77. The van der Waals surface area contributed by atoms with E-state index in [1.807, 2.05) is 49.1 Å². The monoisotopic (exact) mass is 378 g/mol. The first-order valence-corrected chi connectivity index (χ1v) is 10.3. The van der Waals surface area contributed by atoms with Gasteiger partial charge in [-0.1, -0.05) is 61.5 Å². The summed E-state index contributed by atoms with van der Waals surface area (Å²) in [5.74, 6) is 0.191. The summed E-state index contributed by atoms with van der Waals surface area (Å²) in [4.78, 5) is 27.4. The summed E-state index contributed by atoms with van der Waals surface area (Å²) < 4.78 is 0. The van der Waals surface area contributed by atoms with Gasteiger partial charge in [-0.25, -0.2) is 0 Å². The van der Waals surface area contributed by atoms with Crippen LogP contribution in [0, 0.1) is 5.41 Å². The van der Waals surface area contributed by atoms with E-state index in [0.717, 1.165) is 36.1 Å². The first-order valence-electron chi connectivity index (χ1n) is 10.3. The van der Waals surface area contributed by atoms with Crippen molar-refractivity contribution in [2.24, 2.45) is 5.41 Å². The fraction of sp³-hybridized carbons (Fsp3) is 0.417. The molecule has 0 saturated carbocycles. The lowest BCUT2D eigenvalue weighted by Gasteiger charge is -2.42. The Bertz CT molecular complexity index is 818. The van der Waals surface area contributed by atoms with Crippen LogP contribution in [0.5, 0.6) is 0 Å². The highest BCUT2D eigenvalue weighted by Crippen LogP contribution is 2.37. The number of likely N-dealkylation sites (tertiary alicyclic amines) is 1. The van der Waals surface area contributed by atoms with Crippen molar-refractivity contribution in [1.29, 1.82) is 0 Å². The van der Waals surface area contributed by atoms with E-state index in [0.29, 0.717) is 25.9 Å². The largest absolute Gasteiger partial charge is 0.356 e. The minimum Gasteiger partial charge on any atom is -0.356 e. The van der Waals surface area contributed by atoms with E-state index in [-0.39, 0.29) is 11.8 Å². The van der Waals surface area contributed by atoms with Crippen molar-refractivity contribution < 1.29 is 9.59 Å². The fourth-order valence-electron chi connectivity index (χ4n) is 4.26. The number of nitrogens with zero attached hydrogens (tertiary/aromatic N) is 1. The number of rotatable bonds is 6. The molecule has 4 heteroatoms. The molecule has 2 aromatic rings. The number of carbonyl (C=O) groups excluding carboxylic acids is 2. The van der Waals surface area contributed by atoms with Crippen molar-refractivity contribution in [1.82, 2.24) is 10.2 Å². The SMILES string of the molecule is CCNC(=O)C1(Cc2ccccc2-c2ccccc2)CCCN(C(=O)CC)C1. The zero-order chi connectivity index (χ0) is 20.0. The van der Waals surface area contributed by atoms with E-state index in [1.54, 1.807) is 0 Å². The Kier molecular flexibility index (Phi) is 6.50. The number of hydrogen-bond donors (Lipinski definition) is 1. The molecular weight excluding hydrogens is 348 g/mol. The van der Waals surface area contributed by atoms with Gasteiger partial charge < -0.3 is 10.2 Å². The molecule has 0 aliphatic carbocycles. The third-order valence-electron chi connectivity index (χ3n) is 5.68. The molecule has 1 unspecified atom stereocenters. The fourth-order valence-corrected chi connectivity index (χ4v) is 4.26. The van der Waals surface area contributed by atoms with E-state index in [1.165, 1.54) is 0 Å². The van der Waals surface area contributed by atoms with Crippen LogP contribution in [0.25, 0.3) is 11.1 Å². The quantitative estimate of drug-likeness (QED) is 0.824. The Hall–Kier alpha value is -2.62. The maximum absolute atomic E-state index is 13.2. The molecule has 0 aromatic heterocycles. The van der Waals surface area contributed by atoms with Gasteiger partial charge in [0.25, 0.3) is 0 Å². The van der Waals surface area contributed by atoms with Gasteiger partial charge in [0.05, 0.1) is 5.41 Å². The summed E-state index contributed by atoms with van der Waals surface area (Å²) in [5, 5.41) is 3.04. The van der Waals surface area contributed by atoms with Gasteiger partial charge in [0, 0.05) is 26.1 Å². The second-order valence-electron chi connectivity index (χ2n) is 7.61. The molecule has 1 aliphatic rings. The van der Waals surface area contributed by atoms with E-state index in [4.69, 9.17) is 0 Å². The second kappa shape index (κ2) is 9.05. The van der Waals surface area contributed by atoms with Crippen molar-refractivity contribution in [3.63, 3.8) is 0 Å². The number of benzene rings is 2. The Morgan fingerprint density at radius 2 is 1.75 bits per heavy atom. The Balaban J connectivity index is 1.97. The van der Waals surface area contributed by atoms with Gasteiger partial charge in [0.2, 0.25) is 11.8 Å². The van der Waals surface area contributed by atoms with Crippen molar-refractivity contribution in [2.75, 3.05) is 19.6 Å². The maximum atomic E-state index is 13.2. The lowest BCUT2D eigenvalue weighted by atomic mass is 9.73. The van der Waals surface area contributed by atoms with Crippen LogP contribution in [0.1, 0.15) is 38.7 Å². The summed E-state index contributed by atoms with van der Waals surface area (Å²) in [5.41, 5.74) is 2.89. The first kappa shape index (κ1) is 20.1. The Morgan fingerprint density at radius 1 is 1.04 bits per heavy atom. The number of carbonyl (C=O) groups is 2. The third kappa shape index (κ3) is 4.27. The van der Waals surface area contributed by atoms with Crippen LogP contribution in [0.15, 0.2) is 54.6 Å². The van der Waals surface area contributed by atoms with Gasteiger partial charge in [-0.2, -0.15) is 0 Å². The molecule has 148 valence electrons. The maximum Gasteiger partial charge on any atom is 0.228 e. The van der Waals surface area contributed by atoms with Crippen LogP contribution in [0.4, 0.5) is 0 Å². The lowest BCUT2D eigenvalue weighted by molar-refractivity contribution is -0.141. The topological polar surface area (TPSA) is 49.4 Å². The minimum atomic E-state index is -0.579. The van der Waals surface area contributed by atoms with Gasteiger partial charge in [-0.15, -0.1) is 0 Å². The van der Waals surface area contributed by atoms with Crippen molar-refractivity contribution in [3.05, 3.63) is 60.2 Å². The smallest absolute Gasteiger partial charge is 0.228 e. The molecule has 0 radical (unpaired) electrons. The highest BCUT2D eigenvalue weighted by atomic mass is 16.2. The molecule has 2 amide bonds. The number of hydrogen-bond acceptors (Lipinski definition) is 2. The van der Waals surface area contributed by atoms with Gasteiger partial charge in [-0.3, -0.25) is 9.59 Å². The van der Waals surface area contributed by atoms with Gasteiger partial charge in [-0.05, 0) is 42.9 Å². The zero-order valence-corrected chi connectivity index (χ0v) is 16.9. The summed E-state index contributed by atoms with van der Waals surface area (Å²) >= 11 is 0. The summed E-state index contributed by atoms with van der Waals surface area (Å²) in [7, 11) is 0. The molecule has 4 nitrogen and oxygen atoms in total. The molecular formula is C24H30N2O2. The van der Waals surface area contributed by atoms with Crippen molar-refractivity contribution >= 4 is 11.8 Å². The lowest BCUT2D eigenvalue weighted by Crippen LogP contribution is -2.54. The van der Waals surface area contributed by atoms with Crippen LogP contribution in [-0.4, -0.2) is 36.3 Å². The number of amides is 2. The highest BCUT2D eigenvalue weighted by Gasteiger charge is 2.43. The average molecular weight is 379 g/mol. The molecule has 1 aliphatic heterocycles. The number of piperidine rings is 1. The van der Waals surface area contributed by atoms with E-state index >= 15 is 0 Å². The standard InChI is InChI=1S/C24H30N2O2/c1-3-22(27)26-16-10-15-24(18-26,23(28)25-4-2)17-20-13-8-9-14-21(20)19-11-6-5-7-12-19/h5-9,11-14H,3-4,10,15-18H2,1-2H3,(H,25,28). The van der Waals surface area contributed by atoms with Crippen LogP contribution in [0.3, 0.4) is 0 Å². The molecule has 28 heavy (non-hydrogen) atoms. The Morgan fingerprint density at radius 3 is 2.46 bits per heavy atom. The van der Waals surface area contributed by atoms with Crippen LogP contribution >= 0.6 is 0 Å². The third-order valence-corrected chi connectivity index (χ3v) is 5.68. The van der Waals surface area contributed by atoms with Crippen molar-refractivity contribution in [3.8, 4) is 11.1 Å². The molecule has 1 saturated heterocycles. The summed E-state index contributed by atoms with van der Waals surface area (Å²) in [6, 6.07) is 18.6. The van der Waals surface area contributed by atoms with Gasteiger partial charge in [0.15, 0.2) is 0 Å². The van der Waals surface area contributed by atoms with E-state index < -0.39 is 5.41 Å². The first-order chi connectivity index (χ1) is 13.6.